The molecule has 8 heteroatoms. The van der Waals surface area contributed by atoms with E-state index in [0.717, 1.165) is 25.9 Å². The summed E-state index contributed by atoms with van der Waals surface area (Å²) in [6, 6.07) is 0. The molecule has 0 aromatic rings. The number of Topliss-reactive ketones (excluding diaryl/α,β-unsaturated/α-hetero) is 1. The van der Waals surface area contributed by atoms with Crippen molar-refractivity contribution in [1.82, 2.24) is 0 Å². The lowest BCUT2D eigenvalue weighted by Crippen LogP contribution is -2.31. The average Bonchev–Trinajstić information content (AvgIpc) is 2.51. The van der Waals surface area contributed by atoms with Gasteiger partial charge in [-0.2, -0.15) is 8.42 Å². The van der Waals surface area contributed by atoms with Gasteiger partial charge in [0, 0.05) is 32.8 Å². The average molecular weight is 366 g/mol. The number of unbranched alkanes of at least 4 members (excludes halogenated alkanes) is 4. The highest BCUT2D eigenvalue weighted by molar-refractivity contribution is 7.88. The third kappa shape index (κ3) is 12.6. The van der Waals surface area contributed by atoms with E-state index >= 15 is 0 Å². The highest BCUT2D eigenvalue weighted by Gasteiger charge is 2.29. The van der Waals surface area contributed by atoms with Crippen LogP contribution in [0.1, 0.15) is 58.3 Å². The third-order valence-electron chi connectivity index (χ3n) is 3.44. The minimum absolute atomic E-state index is 0.0548. The fourth-order valence-corrected chi connectivity index (χ4v) is 2.64. The first-order chi connectivity index (χ1) is 11.4. The summed E-state index contributed by atoms with van der Waals surface area (Å²) in [5, 5.41) is -1.98. The van der Waals surface area contributed by atoms with Crippen molar-refractivity contribution in [1.29, 1.82) is 0 Å². The molecule has 7 nitrogen and oxygen atoms in total. The Labute approximate surface area is 144 Å². The van der Waals surface area contributed by atoms with Gasteiger partial charge in [0.1, 0.15) is 6.29 Å². The van der Waals surface area contributed by atoms with Gasteiger partial charge in [0.15, 0.2) is 11.0 Å². The maximum Gasteiger partial charge on any atom is 0.282 e. The molecule has 0 spiro atoms. The highest BCUT2D eigenvalue weighted by Crippen LogP contribution is 2.04. The van der Waals surface area contributed by atoms with E-state index in [1.807, 2.05) is 0 Å². The van der Waals surface area contributed by atoms with Crippen molar-refractivity contribution in [3.63, 3.8) is 0 Å². The van der Waals surface area contributed by atoms with Gasteiger partial charge in [-0.3, -0.25) is 9.35 Å². The summed E-state index contributed by atoms with van der Waals surface area (Å²) < 4.78 is 41.2. The molecular weight excluding hydrogens is 336 g/mol. The van der Waals surface area contributed by atoms with Crippen LogP contribution in [-0.4, -0.2) is 56.7 Å². The molecule has 142 valence electrons. The Balaban J connectivity index is 3.45. The smallest absolute Gasteiger partial charge is 0.282 e. The van der Waals surface area contributed by atoms with Crippen molar-refractivity contribution in [2.75, 3.05) is 26.4 Å². The number of hydrogen-bond donors (Lipinski definition) is 1. The fourth-order valence-electron chi connectivity index (χ4n) is 2.05. The maximum atomic E-state index is 11.5. The fraction of sp³-hybridized carbons (Fsp3) is 0.875. The standard InChI is InChI=1S/C16H30O7S/c1-2-3-4-5-10-22-11-6-7-12-23-13-8-9-15(18)16(14-17)24(19,20)21/h14,16H,2-13H2,1H3,(H,19,20,21). The number of ketones is 1. The Morgan fingerprint density at radius 3 is 1.92 bits per heavy atom. The molecule has 1 atom stereocenters. The first-order valence-electron chi connectivity index (χ1n) is 8.53. The highest BCUT2D eigenvalue weighted by atomic mass is 32.2. The van der Waals surface area contributed by atoms with Crippen LogP contribution in [-0.2, 0) is 29.2 Å². The zero-order valence-electron chi connectivity index (χ0n) is 14.4. The van der Waals surface area contributed by atoms with Crippen molar-refractivity contribution in [2.24, 2.45) is 0 Å². The molecule has 0 heterocycles. The lowest BCUT2D eigenvalue weighted by molar-refractivity contribution is -0.122. The molecule has 0 aliphatic carbocycles. The molecule has 0 aromatic heterocycles. The summed E-state index contributed by atoms with van der Waals surface area (Å²) in [6.07, 6.45) is 6.67. The van der Waals surface area contributed by atoms with Gasteiger partial charge in [0.05, 0.1) is 0 Å². The summed E-state index contributed by atoms with van der Waals surface area (Å²) in [4.78, 5) is 22.0. The lowest BCUT2D eigenvalue weighted by atomic mass is 10.2. The van der Waals surface area contributed by atoms with Crippen LogP contribution in [0.5, 0.6) is 0 Å². The van der Waals surface area contributed by atoms with Crippen LogP contribution in [0.25, 0.3) is 0 Å². The molecule has 0 amide bonds. The van der Waals surface area contributed by atoms with Crippen LogP contribution >= 0.6 is 0 Å². The van der Waals surface area contributed by atoms with E-state index in [4.69, 9.17) is 14.0 Å². The Hall–Kier alpha value is -0.830. The number of rotatable bonds is 17. The predicted molar refractivity (Wildman–Crippen MR) is 90.7 cm³/mol. The van der Waals surface area contributed by atoms with Gasteiger partial charge in [-0.25, -0.2) is 0 Å². The normalized spacial score (nSPS) is 12.9. The Bertz CT molecular complexity index is 434. The minimum atomic E-state index is -4.65. The Morgan fingerprint density at radius 1 is 0.958 bits per heavy atom. The van der Waals surface area contributed by atoms with Crippen LogP contribution in [0.4, 0.5) is 0 Å². The van der Waals surface area contributed by atoms with Crippen LogP contribution in [0.3, 0.4) is 0 Å². The van der Waals surface area contributed by atoms with Gasteiger partial charge in [0.2, 0.25) is 0 Å². The van der Waals surface area contributed by atoms with E-state index in [2.05, 4.69) is 6.92 Å². The Kier molecular flexibility index (Phi) is 14.0. The molecule has 0 aromatic carbocycles. The van der Waals surface area contributed by atoms with Gasteiger partial charge in [-0.05, 0) is 25.7 Å². The second kappa shape index (κ2) is 14.5. The molecule has 0 saturated carbocycles. The van der Waals surface area contributed by atoms with Crippen LogP contribution in [0.2, 0.25) is 0 Å². The van der Waals surface area contributed by atoms with Gasteiger partial charge >= 0.3 is 0 Å². The van der Waals surface area contributed by atoms with Crippen molar-refractivity contribution < 1.29 is 32.0 Å². The van der Waals surface area contributed by atoms with Crippen LogP contribution in [0.15, 0.2) is 0 Å². The molecule has 1 unspecified atom stereocenters. The monoisotopic (exact) mass is 366 g/mol. The molecule has 0 aliphatic heterocycles. The summed E-state index contributed by atoms with van der Waals surface area (Å²) >= 11 is 0. The molecular formula is C16H30O7S. The van der Waals surface area contributed by atoms with Crippen molar-refractivity contribution in [3.05, 3.63) is 0 Å². The second-order valence-corrected chi connectivity index (χ2v) is 7.17. The third-order valence-corrected chi connectivity index (χ3v) is 4.46. The summed E-state index contributed by atoms with van der Waals surface area (Å²) in [5.74, 6) is -0.812. The number of hydrogen-bond acceptors (Lipinski definition) is 6. The summed E-state index contributed by atoms with van der Waals surface area (Å²) in [7, 11) is -4.65. The molecule has 0 saturated heterocycles. The summed E-state index contributed by atoms with van der Waals surface area (Å²) in [6.45, 7) is 4.54. The van der Waals surface area contributed by atoms with E-state index < -0.39 is 21.2 Å². The zero-order chi connectivity index (χ0) is 18.3. The predicted octanol–water partition coefficient (Wildman–Crippen LogP) is 2.18. The van der Waals surface area contributed by atoms with E-state index in [-0.39, 0.29) is 12.7 Å². The van der Waals surface area contributed by atoms with E-state index in [1.54, 1.807) is 0 Å². The molecule has 24 heavy (non-hydrogen) atoms. The van der Waals surface area contributed by atoms with Gasteiger partial charge in [-0.1, -0.05) is 26.2 Å². The molecule has 0 aliphatic rings. The Morgan fingerprint density at radius 2 is 1.46 bits per heavy atom. The lowest BCUT2D eigenvalue weighted by Gasteiger charge is -2.07. The van der Waals surface area contributed by atoms with Crippen LogP contribution in [0, 0.1) is 0 Å². The molecule has 0 rings (SSSR count). The second-order valence-electron chi connectivity index (χ2n) is 5.63. The van der Waals surface area contributed by atoms with E-state index in [1.165, 1.54) is 19.3 Å². The SMILES string of the molecule is CCCCCCOCCCCOCCCC(=O)C(C=O)S(=O)(=O)O. The number of carbonyl (C=O) groups is 2. The van der Waals surface area contributed by atoms with Crippen molar-refractivity contribution in [3.8, 4) is 0 Å². The first kappa shape index (κ1) is 23.2. The van der Waals surface area contributed by atoms with Crippen molar-refractivity contribution in [2.45, 2.75) is 63.5 Å². The number of ether oxygens (including phenoxy) is 2. The molecule has 0 bridgehead atoms. The molecule has 1 N–H and O–H groups in total. The largest absolute Gasteiger partial charge is 0.381 e. The van der Waals surface area contributed by atoms with E-state index in [0.29, 0.717) is 26.2 Å². The van der Waals surface area contributed by atoms with Crippen molar-refractivity contribution >= 4 is 22.2 Å². The van der Waals surface area contributed by atoms with Gasteiger partial charge in [0.25, 0.3) is 10.1 Å². The summed E-state index contributed by atoms with van der Waals surface area (Å²) in [5.41, 5.74) is 0. The van der Waals surface area contributed by atoms with E-state index in [9.17, 15) is 18.0 Å². The number of carbonyl (C=O) groups excluding carboxylic acids is 2. The quantitative estimate of drug-likeness (QED) is 0.182. The minimum Gasteiger partial charge on any atom is -0.381 e. The van der Waals surface area contributed by atoms with Gasteiger partial charge < -0.3 is 14.3 Å². The maximum absolute atomic E-state index is 11.5. The van der Waals surface area contributed by atoms with Crippen LogP contribution < -0.4 is 0 Å². The topological polar surface area (TPSA) is 107 Å². The van der Waals surface area contributed by atoms with Gasteiger partial charge in [-0.15, -0.1) is 0 Å². The first-order valence-corrected chi connectivity index (χ1v) is 10.0. The number of aldehydes is 1. The molecule has 0 fully saturated rings. The molecule has 0 radical (unpaired) electrons. The zero-order valence-corrected chi connectivity index (χ0v) is 15.3.